The molecule has 1 aliphatic heterocycles. The first-order chi connectivity index (χ1) is 11.4. The molecule has 4 atom stereocenters. The Morgan fingerprint density at radius 1 is 1.38 bits per heavy atom. The van der Waals surface area contributed by atoms with Gasteiger partial charge in [-0.3, -0.25) is 4.79 Å². The molecule has 1 aromatic rings. The lowest BCUT2D eigenvalue weighted by molar-refractivity contribution is -0.135. The van der Waals surface area contributed by atoms with Gasteiger partial charge in [0.1, 0.15) is 6.10 Å². The van der Waals surface area contributed by atoms with E-state index in [9.17, 15) is 14.7 Å². The lowest BCUT2D eigenvalue weighted by Crippen LogP contribution is -2.44. The number of ether oxygens (including phenoxy) is 1. The number of carbonyl (C=O) groups excluding carboxylic acids is 2. The van der Waals surface area contributed by atoms with Crippen molar-refractivity contribution in [1.29, 1.82) is 0 Å². The van der Waals surface area contributed by atoms with Crippen LogP contribution in [0.2, 0.25) is 0 Å². The van der Waals surface area contributed by atoms with Crippen LogP contribution >= 0.6 is 0 Å². The summed E-state index contributed by atoms with van der Waals surface area (Å²) in [6.07, 6.45) is 0.611. The van der Waals surface area contributed by atoms with Gasteiger partial charge in [-0.1, -0.05) is 50.3 Å². The van der Waals surface area contributed by atoms with Crippen molar-refractivity contribution in [3.8, 4) is 0 Å². The molecule has 2 rings (SSSR count). The summed E-state index contributed by atoms with van der Waals surface area (Å²) in [5.74, 6) is -1.13. The molecule has 0 unspecified atom stereocenters. The van der Waals surface area contributed by atoms with Gasteiger partial charge in [-0.05, 0) is 31.4 Å². The number of amides is 2. The summed E-state index contributed by atoms with van der Waals surface area (Å²) in [7, 11) is 0. The minimum absolute atomic E-state index is 0.415. The van der Waals surface area contributed by atoms with Crippen LogP contribution < -0.4 is 0 Å². The monoisotopic (exact) mass is 331 g/mol. The Morgan fingerprint density at radius 2 is 2.00 bits per heavy atom. The maximum Gasteiger partial charge on any atom is 0.417 e. The number of imide groups is 1. The van der Waals surface area contributed by atoms with Crippen LogP contribution in [0.15, 0.2) is 42.0 Å². The normalized spacial score (nSPS) is 23.8. The fourth-order valence-electron chi connectivity index (χ4n) is 3.04. The minimum atomic E-state index is -0.909. The molecule has 130 valence electrons. The molecular weight excluding hydrogens is 306 g/mol. The zero-order chi connectivity index (χ0) is 17.9. The maximum absolute atomic E-state index is 12.7. The topological polar surface area (TPSA) is 66.8 Å². The standard InChI is InChI=1S/C19H25NO4/c1-5-9-12(2)16(21)13(3)18(22)20-14(4)17(24-19(20)23)15-10-7-6-8-11-15/h6-11,13-14,16-17,21H,5H2,1-4H3/b12-9+/t13-,14+,16-,17+/m1/s1. The van der Waals surface area contributed by atoms with Gasteiger partial charge in [0.05, 0.1) is 18.1 Å². The van der Waals surface area contributed by atoms with Crippen LogP contribution in [-0.2, 0) is 9.53 Å². The Balaban J connectivity index is 2.18. The number of benzene rings is 1. The van der Waals surface area contributed by atoms with Crippen LogP contribution in [0, 0.1) is 5.92 Å². The molecule has 1 saturated heterocycles. The highest BCUT2D eigenvalue weighted by molar-refractivity contribution is 5.95. The lowest BCUT2D eigenvalue weighted by Gasteiger charge is -2.25. The molecular formula is C19H25NO4. The number of nitrogens with zero attached hydrogens (tertiary/aromatic N) is 1. The first-order valence-corrected chi connectivity index (χ1v) is 8.31. The lowest BCUT2D eigenvalue weighted by atomic mass is 9.95. The van der Waals surface area contributed by atoms with Crippen molar-refractivity contribution in [1.82, 2.24) is 4.90 Å². The molecule has 1 aromatic carbocycles. The van der Waals surface area contributed by atoms with E-state index in [1.807, 2.05) is 43.3 Å². The average molecular weight is 331 g/mol. The van der Waals surface area contributed by atoms with Crippen molar-refractivity contribution >= 4 is 12.0 Å². The van der Waals surface area contributed by atoms with Crippen LogP contribution in [-0.4, -0.2) is 34.2 Å². The zero-order valence-corrected chi connectivity index (χ0v) is 14.6. The van der Waals surface area contributed by atoms with Crippen molar-refractivity contribution in [2.24, 2.45) is 5.92 Å². The van der Waals surface area contributed by atoms with Crippen molar-refractivity contribution < 1.29 is 19.4 Å². The Hall–Kier alpha value is -2.14. The molecule has 2 amide bonds. The molecule has 24 heavy (non-hydrogen) atoms. The molecule has 0 aliphatic carbocycles. The minimum Gasteiger partial charge on any atom is -0.439 e. The summed E-state index contributed by atoms with van der Waals surface area (Å²) >= 11 is 0. The van der Waals surface area contributed by atoms with Crippen molar-refractivity contribution in [2.45, 2.75) is 52.4 Å². The Bertz CT molecular complexity index is 626. The summed E-state index contributed by atoms with van der Waals surface area (Å²) in [6.45, 7) is 7.17. The summed E-state index contributed by atoms with van der Waals surface area (Å²) in [5, 5.41) is 10.3. The summed E-state index contributed by atoms with van der Waals surface area (Å²) in [6, 6.07) is 8.94. The average Bonchev–Trinajstić information content (AvgIpc) is 2.88. The van der Waals surface area contributed by atoms with Crippen molar-refractivity contribution in [2.75, 3.05) is 0 Å². The van der Waals surface area contributed by atoms with Gasteiger partial charge in [0.15, 0.2) is 0 Å². The van der Waals surface area contributed by atoms with Gasteiger partial charge in [0.25, 0.3) is 0 Å². The fourth-order valence-corrected chi connectivity index (χ4v) is 3.04. The summed E-state index contributed by atoms with van der Waals surface area (Å²) in [5.41, 5.74) is 1.59. The molecule has 0 saturated carbocycles. The van der Waals surface area contributed by atoms with E-state index in [0.717, 1.165) is 22.5 Å². The van der Waals surface area contributed by atoms with Crippen LogP contribution in [0.4, 0.5) is 4.79 Å². The van der Waals surface area contributed by atoms with E-state index in [4.69, 9.17) is 4.74 Å². The molecule has 1 fully saturated rings. The summed E-state index contributed by atoms with van der Waals surface area (Å²) < 4.78 is 5.40. The fraction of sp³-hybridized carbons (Fsp3) is 0.474. The Labute approximate surface area is 142 Å². The number of carbonyl (C=O) groups is 2. The van der Waals surface area contributed by atoms with Gasteiger partial charge in [0, 0.05) is 0 Å². The van der Waals surface area contributed by atoms with E-state index in [2.05, 4.69) is 0 Å². The van der Waals surface area contributed by atoms with E-state index in [1.54, 1.807) is 20.8 Å². The van der Waals surface area contributed by atoms with E-state index in [1.165, 1.54) is 0 Å². The highest BCUT2D eigenvalue weighted by Crippen LogP contribution is 2.33. The first kappa shape index (κ1) is 18.2. The molecule has 0 spiro atoms. The SMILES string of the molecule is CC/C=C(\C)[C@@H](O)[C@@H](C)C(=O)N1C(=O)O[C@H](c2ccccc2)[C@@H]1C. The highest BCUT2D eigenvalue weighted by atomic mass is 16.6. The Kier molecular flexibility index (Phi) is 5.78. The van der Waals surface area contributed by atoms with Crippen molar-refractivity contribution in [3.05, 3.63) is 47.5 Å². The molecule has 0 aromatic heterocycles. The number of aliphatic hydroxyl groups excluding tert-OH is 1. The number of allylic oxidation sites excluding steroid dienone is 1. The largest absolute Gasteiger partial charge is 0.439 e. The number of cyclic esters (lactones) is 1. The molecule has 5 nitrogen and oxygen atoms in total. The van der Waals surface area contributed by atoms with Crippen LogP contribution in [0.25, 0.3) is 0 Å². The van der Waals surface area contributed by atoms with Gasteiger partial charge in [0.2, 0.25) is 5.91 Å². The molecule has 1 heterocycles. The van der Waals surface area contributed by atoms with Crippen molar-refractivity contribution in [3.63, 3.8) is 0 Å². The maximum atomic E-state index is 12.7. The van der Waals surface area contributed by atoms with Gasteiger partial charge >= 0.3 is 6.09 Å². The Morgan fingerprint density at radius 3 is 2.58 bits per heavy atom. The second kappa shape index (κ2) is 7.62. The quantitative estimate of drug-likeness (QED) is 0.839. The number of hydrogen-bond donors (Lipinski definition) is 1. The molecule has 0 bridgehead atoms. The van der Waals surface area contributed by atoms with E-state index in [0.29, 0.717) is 0 Å². The third kappa shape index (κ3) is 3.51. The molecule has 1 N–H and O–H groups in total. The molecule has 5 heteroatoms. The summed E-state index contributed by atoms with van der Waals surface area (Å²) in [4.78, 5) is 26.1. The highest BCUT2D eigenvalue weighted by Gasteiger charge is 2.45. The second-order valence-corrected chi connectivity index (χ2v) is 6.25. The molecule has 0 radical (unpaired) electrons. The smallest absolute Gasteiger partial charge is 0.417 e. The number of hydrogen-bond acceptors (Lipinski definition) is 4. The van der Waals surface area contributed by atoms with Gasteiger partial charge < -0.3 is 9.84 Å². The first-order valence-electron chi connectivity index (χ1n) is 8.31. The van der Waals surface area contributed by atoms with Crippen LogP contribution in [0.3, 0.4) is 0 Å². The van der Waals surface area contributed by atoms with Gasteiger partial charge in [-0.2, -0.15) is 0 Å². The number of rotatable bonds is 5. The van der Waals surface area contributed by atoms with Crippen LogP contribution in [0.5, 0.6) is 0 Å². The zero-order valence-electron chi connectivity index (χ0n) is 14.6. The van der Waals surface area contributed by atoms with Crippen LogP contribution in [0.1, 0.15) is 45.8 Å². The van der Waals surface area contributed by atoms with E-state index >= 15 is 0 Å². The number of aliphatic hydroxyl groups is 1. The second-order valence-electron chi connectivity index (χ2n) is 6.25. The van der Waals surface area contributed by atoms with E-state index < -0.39 is 36.2 Å². The van der Waals surface area contributed by atoms with Gasteiger partial charge in [-0.25, -0.2) is 9.69 Å². The third-order valence-corrected chi connectivity index (χ3v) is 4.49. The van der Waals surface area contributed by atoms with Gasteiger partial charge in [-0.15, -0.1) is 0 Å². The predicted octanol–water partition coefficient (Wildman–Crippen LogP) is 3.45. The van der Waals surface area contributed by atoms with E-state index in [-0.39, 0.29) is 0 Å². The molecule has 1 aliphatic rings. The third-order valence-electron chi connectivity index (χ3n) is 4.49. The predicted molar refractivity (Wildman–Crippen MR) is 91.2 cm³/mol.